The highest BCUT2D eigenvalue weighted by atomic mass is 79.9. The second-order valence-corrected chi connectivity index (χ2v) is 28.3. The second-order valence-electron chi connectivity index (χ2n) is 27.4. The highest BCUT2D eigenvalue weighted by molar-refractivity contribution is 9.10. The largest absolute Gasteiger partial charge is 0.488 e. The molecule has 0 aromatic heterocycles. The van der Waals surface area contributed by atoms with Crippen molar-refractivity contribution >= 4 is 61.2 Å². The van der Waals surface area contributed by atoms with Crippen LogP contribution in [0, 0.1) is 29.6 Å². The predicted octanol–water partition coefficient (Wildman–Crippen LogP) is 21.8. The zero-order chi connectivity index (χ0) is 63.8. The molecule has 6 atom stereocenters. The van der Waals surface area contributed by atoms with E-state index in [1.807, 2.05) is 12.1 Å². The van der Waals surface area contributed by atoms with Gasteiger partial charge in [-0.05, 0) is 193 Å². The third-order valence-electron chi connectivity index (χ3n) is 21.3. The van der Waals surface area contributed by atoms with Gasteiger partial charge >= 0.3 is 7.12 Å². The standard InChI is InChI=1S/C45H36.C25H19Br.C20H17BO2/c1-45(2)43-14-8-7-13-40(43)41-24-23-35(28-44(41)45)34-22-21-32-25-31(19-20-33(32)26-34)29-15-17-30(18-16-29)42-27-36-9-3-4-10-37(36)38-11-5-6-12-39(38)42;1-25(2)23-6-4-3-5-21(23)22-12-10-19(15-24(22)25)16-7-8-18-14-20(26)11-9-17(18)13-16;22-21(23)16-11-9-14(10-12-16)20-13-15-5-1-2-6-17(15)18-7-3-4-8-19(18)20/h3-28,36-39H,1-2H3;3-15H,1-2H3;1-13,15,17,22-23H. The molecular weight excluding hydrogens is 1200 g/mol. The molecule has 2 N–H and O–H groups in total. The lowest BCUT2D eigenvalue weighted by Crippen LogP contribution is -2.31. The van der Waals surface area contributed by atoms with Crippen LogP contribution in [0.5, 0.6) is 0 Å². The first-order valence-electron chi connectivity index (χ1n) is 33.2. The molecule has 0 amide bonds. The van der Waals surface area contributed by atoms with Crippen molar-refractivity contribution in [2.45, 2.75) is 44.4 Å². The monoisotopic (exact) mass is 1270 g/mol. The Kier molecular flexibility index (Phi) is 15.2. The van der Waals surface area contributed by atoms with E-state index in [1.54, 1.807) is 12.1 Å². The van der Waals surface area contributed by atoms with Gasteiger partial charge in [0, 0.05) is 39.0 Å². The van der Waals surface area contributed by atoms with Gasteiger partial charge in [0.25, 0.3) is 0 Å². The van der Waals surface area contributed by atoms with Crippen LogP contribution in [-0.4, -0.2) is 17.2 Å². The van der Waals surface area contributed by atoms with Crippen LogP contribution < -0.4 is 5.46 Å². The van der Waals surface area contributed by atoms with Gasteiger partial charge in [-0.3, -0.25) is 0 Å². The lowest BCUT2D eigenvalue weighted by molar-refractivity contribution is 0.357. The van der Waals surface area contributed by atoms with Crippen molar-refractivity contribution in [3.63, 3.8) is 0 Å². The molecule has 0 aliphatic heterocycles. The van der Waals surface area contributed by atoms with Crippen LogP contribution in [0.2, 0.25) is 0 Å². The van der Waals surface area contributed by atoms with Gasteiger partial charge in [-0.1, -0.05) is 317 Å². The van der Waals surface area contributed by atoms with Crippen molar-refractivity contribution < 1.29 is 10.0 Å². The van der Waals surface area contributed by atoms with Gasteiger partial charge in [-0.25, -0.2) is 0 Å². The van der Waals surface area contributed by atoms with E-state index in [1.165, 1.54) is 127 Å². The third kappa shape index (κ3) is 10.6. The van der Waals surface area contributed by atoms with E-state index in [9.17, 15) is 10.0 Å². The number of fused-ring (bicyclic) bond motifs is 14. The fraction of sp³-hybridized carbons (Fsp3) is 0.133. The fourth-order valence-electron chi connectivity index (χ4n) is 16.2. The van der Waals surface area contributed by atoms with Gasteiger partial charge in [-0.2, -0.15) is 0 Å². The zero-order valence-corrected chi connectivity index (χ0v) is 54.9. The topological polar surface area (TPSA) is 40.5 Å². The molecule has 0 radical (unpaired) electrons. The van der Waals surface area contributed by atoms with Crippen molar-refractivity contribution in [3.8, 4) is 55.6 Å². The summed E-state index contributed by atoms with van der Waals surface area (Å²) in [4.78, 5) is 0. The molecular formula is C90H72BBrO2. The number of benzene rings is 11. The maximum atomic E-state index is 9.26. The molecule has 0 saturated heterocycles. The first-order valence-corrected chi connectivity index (χ1v) is 34.0. The molecule has 7 aliphatic carbocycles. The molecule has 7 aliphatic rings. The van der Waals surface area contributed by atoms with Crippen molar-refractivity contribution in [1.82, 2.24) is 0 Å². The normalized spacial score (nSPS) is 20.3. The summed E-state index contributed by atoms with van der Waals surface area (Å²) in [5.41, 5.74) is 27.1. The Bertz CT molecular complexity index is 5100. The predicted molar refractivity (Wildman–Crippen MR) is 400 cm³/mol. The summed E-state index contributed by atoms with van der Waals surface area (Å²) in [5, 5.41) is 23.6. The minimum atomic E-state index is -1.42. The number of halogens is 1. The van der Waals surface area contributed by atoms with Crippen molar-refractivity contribution in [2.24, 2.45) is 29.6 Å². The van der Waals surface area contributed by atoms with E-state index in [0.717, 1.165) is 10.0 Å². The first kappa shape index (κ1) is 59.3. The van der Waals surface area contributed by atoms with Crippen molar-refractivity contribution in [2.75, 3.05) is 0 Å². The van der Waals surface area contributed by atoms with E-state index < -0.39 is 7.12 Å². The number of rotatable bonds is 6. The van der Waals surface area contributed by atoms with Crippen molar-refractivity contribution in [1.29, 1.82) is 0 Å². The van der Waals surface area contributed by atoms with Crippen LogP contribution in [-0.2, 0) is 10.8 Å². The van der Waals surface area contributed by atoms with Crippen LogP contribution in [0.25, 0.3) is 88.3 Å². The maximum Gasteiger partial charge on any atom is 0.488 e. The summed E-state index contributed by atoms with van der Waals surface area (Å²) in [7, 11) is -1.42. The molecule has 0 spiro atoms. The van der Waals surface area contributed by atoms with Gasteiger partial charge in [0.15, 0.2) is 0 Å². The van der Waals surface area contributed by atoms with E-state index in [0.29, 0.717) is 41.0 Å². The van der Waals surface area contributed by atoms with E-state index in [4.69, 9.17) is 0 Å². The Morgan fingerprint density at radius 3 is 1.35 bits per heavy atom. The molecule has 0 fully saturated rings. The number of hydrogen-bond acceptors (Lipinski definition) is 2. The van der Waals surface area contributed by atoms with Gasteiger partial charge in [0.1, 0.15) is 0 Å². The molecule has 4 heteroatoms. The van der Waals surface area contributed by atoms with Crippen LogP contribution in [0.3, 0.4) is 0 Å². The van der Waals surface area contributed by atoms with E-state index in [2.05, 4.69) is 335 Å². The summed E-state index contributed by atoms with van der Waals surface area (Å²) < 4.78 is 1.12. The molecule has 11 aromatic carbocycles. The minimum Gasteiger partial charge on any atom is -0.423 e. The smallest absolute Gasteiger partial charge is 0.423 e. The average Bonchev–Trinajstić information content (AvgIpc) is 1.55. The zero-order valence-electron chi connectivity index (χ0n) is 53.3. The van der Waals surface area contributed by atoms with Gasteiger partial charge in [-0.15, -0.1) is 0 Å². The average molecular weight is 1280 g/mol. The molecule has 454 valence electrons. The first-order chi connectivity index (χ1) is 45.8. The molecule has 0 bridgehead atoms. The van der Waals surface area contributed by atoms with Gasteiger partial charge in [0.05, 0.1) is 0 Å². The summed E-state index contributed by atoms with van der Waals surface area (Å²) in [6.07, 6.45) is 32.0. The molecule has 94 heavy (non-hydrogen) atoms. The molecule has 0 heterocycles. The highest BCUT2D eigenvalue weighted by Crippen LogP contribution is 2.53. The van der Waals surface area contributed by atoms with Crippen LogP contribution in [0.15, 0.2) is 320 Å². The van der Waals surface area contributed by atoms with E-state index >= 15 is 0 Å². The second kappa shape index (κ2) is 24.0. The summed E-state index contributed by atoms with van der Waals surface area (Å²) in [5.74, 6) is 2.73. The summed E-state index contributed by atoms with van der Waals surface area (Å²) >= 11 is 3.56. The van der Waals surface area contributed by atoms with Gasteiger partial charge in [0.2, 0.25) is 0 Å². The Morgan fingerprint density at radius 1 is 0.330 bits per heavy atom. The third-order valence-corrected chi connectivity index (χ3v) is 21.8. The lowest BCUT2D eigenvalue weighted by atomic mass is 9.63. The summed E-state index contributed by atoms with van der Waals surface area (Å²) in [6.45, 7) is 9.37. The fourth-order valence-corrected chi connectivity index (χ4v) is 16.6. The molecule has 11 aromatic rings. The maximum absolute atomic E-state index is 9.26. The summed E-state index contributed by atoms with van der Waals surface area (Å²) in [6, 6.07) is 83.9. The Balaban J connectivity index is 0.000000121. The molecule has 18 rings (SSSR count). The molecule has 6 unspecified atom stereocenters. The Labute approximate surface area is 561 Å². The van der Waals surface area contributed by atoms with E-state index in [-0.39, 0.29) is 10.8 Å². The van der Waals surface area contributed by atoms with Crippen LogP contribution in [0.4, 0.5) is 0 Å². The van der Waals surface area contributed by atoms with Crippen LogP contribution >= 0.6 is 15.9 Å². The Hall–Kier alpha value is -9.68. The molecule has 2 nitrogen and oxygen atoms in total. The quantitative estimate of drug-likeness (QED) is 0.163. The SMILES string of the molecule is CC1(C)c2ccccc2-c2ccc(-c3ccc4cc(-c5ccc(C6=CC7C=CC=CC7C7C=CC=CC67)cc5)ccc4c3)cc21.CC1(C)c2ccccc2-c2ccc(-c3ccc4cc(Br)ccc4c3)cc21.OB(O)c1ccc(C2=CC3C=CC=CC3c3ccccc32)cc1. The molecule has 0 saturated carbocycles. The highest BCUT2D eigenvalue weighted by Gasteiger charge is 2.39. The minimum absolute atomic E-state index is 0.00923. The number of allylic oxidation sites excluding steroid dienone is 15. The lowest BCUT2D eigenvalue weighted by Gasteiger charge is -2.40. The number of hydrogen-bond donors (Lipinski definition) is 2. The van der Waals surface area contributed by atoms with Crippen molar-refractivity contribution in [3.05, 3.63) is 365 Å². The van der Waals surface area contributed by atoms with Crippen LogP contribution in [0.1, 0.15) is 78.1 Å². The van der Waals surface area contributed by atoms with Gasteiger partial charge < -0.3 is 10.0 Å². The Morgan fingerprint density at radius 2 is 0.755 bits per heavy atom.